The first-order valence-corrected chi connectivity index (χ1v) is 5.58. The molecule has 2 aromatic rings. The lowest BCUT2D eigenvalue weighted by Gasteiger charge is -2.16. The van der Waals surface area contributed by atoms with E-state index in [9.17, 15) is 8.78 Å². The SMILES string of the molecule is CNC(Cc1cn(C)nn1)c1cccc(F)c1F. The molecule has 1 heterocycles. The highest BCUT2D eigenvalue weighted by atomic mass is 19.2. The normalized spacial score (nSPS) is 12.7. The predicted molar refractivity (Wildman–Crippen MR) is 62.9 cm³/mol. The molecule has 1 unspecified atom stereocenters. The summed E-state index contributed by atoms with van der Waals surface area (Å²) in [7, 11) is 3.46. The van der Waals surface area contributed by atoms with Crippen molar-refractivity contribution < 1.29 is 8.78 Å². The number of nitrogens with zero attached hydrogens (tertiary/aromatic N) is 3. The summed E-state index contributed by atoms with van der Waals surface area (Å²) >= 11 is 0. The molecular weight excluding hydrogens is 238 g/mol. The van der Waals surface area contributed by atoms with Crippen molar-refractivity contribution in [2.75, 3.05) is 7.05 Å². The summed E-state index contributed by atoms with van der Waals surface area (Å²) < 4.78 is 28.4. The lowest BCUT2D eigenvalue weighted by molar-refractivity contribution is 0.472. The van der Waals surface area contributed by atoms with Gasteiger partial charge in [0.05, 0.1) is 5.69 Å². The second-order valence-corrected chi connectivity index (χ2v) is 4.07. The number of aromatic nitrogens is 3. The minimum atomic E-state index is -0.841. The molecule has 1 N–H and O–H groups in total. The Morgan fingerprint density at radius 2 is 2.17 bits per heavy atom. The van der Waals surface area contributed by atoms with E-state index >= 15 is 0 Å². The Kier molecular flexibility index (Phi) is 3.66. The third-order valence-electron chi connectivity index (χ3n) is 2.77. The van der Waals surface area contributed by atoms with E-state index in [2.05, 4.69) is 15.6 Å². The Bertz CT molecular complexity index is 539. The van der Waals surface area contributed by atoms with Gasteiger partial charge in [0.25, 0.3) is 0 Å². The first kappa shape index (κ1) is 12.6. The predicted octanol–water partition coefficient (Wildman–Crippen LogP) is 1.60. The molecule has 4 nitrogen and oxygen atoms in total. The molecule has 0 saturated heterocycles. The van der Waals surface area contributed by atoms with Crippen LogP contribution in [-0.2, 0) is 13.5 Å². The molecule has 0 aliphatic carbocycles. The van der Waals surface area contributed by atoms with Crippen LogP contribution >= 0.6 is 0 Å². The molecule has 0 radical (unpaired) electrons. The molecule has 1 aromatic carbocycles. The van der Waals surface area contributed by atoms with Gasteiger partial charge in [-0.25, -0.2) is 8.78 Å². The molecular formula is C12H14F2N4. The first-order chi connectivity index (χ1) is 8.61. The number of aryl methyl sites for hydroxylation is 1. The van der Waals surface area contributed by atoms with E-state index in [0.29, 0.717) is 12.0 Å². The average molecular weight is 252 g/mol. The maximum atomic E-state index is 13.7. The van der Waals surface area contributed by atoms with Crippen molar-refractivity contribution in [3.8, 4) is 0 Å². The number of rotatable bonds is 4. The van der Waals surface area contributed by atoms with Crippen LogP contribution < -0.4 is 5.32 Å². The average Bonchev–Trinajstić information content (AvgIpc) is 2.76. The minimum absolute atomic E-state index is 0.295. The third kappa shape index (κ3) is 2.53. The Hall–Kier alpha value is -1.82. The van der Waals surface area contributed by atoms with Crippen LogP contribution in [0.25, 0.3) is 0 Å². The van der Waals surface area contributed by atoms with E-state index in [4.69, 9.17) is 0 Å². The number of likely N-dealkylation sites (N-methyl/N-ethyl adjacent to an activating group) is 1. The molecule has 0 aliphatic heterocycles. The van der Waals surface area contributed by atoms with Gasteiger partial charge >= 0.3 is 0 Å². The Morgan fingerprint density at radius 1 is 1.39 bits per heavy atom. The number of halogens is 2. The topological polar surface area (TPSA) is 42.7 Å². The van der Waals surface area contributed by atoms with E-state index in [0.717, 1.165) is 11.8 Å². The van der Waals surface area contributed by atoms with Crippen molar-refractivity contribution in [2.45, 2.75) is 12.5 Å². The summed E-state index contributed by atoms with van der Waals surface area (Å²) in [6, 6.07) is 3.83. The standard InChI is InChI=1S/C12H14F2N4/c1-15-11(6-8-7-18(2)17-16-8)9-4-3-5-10(13)12(9)14/h3-5,7,11,15H,6H2,1-2H3. The minimum Gasteiger partial charge on any atom is -0.313 e. The number of nitrogens with one attached hydrogen (secondary N) is 1. The second-order valence-electron chi connectivity index (χ2n) is 4.07. The molecule has 0 fully saturated rings. The van der Waals surface area contributed by atoms with Gasteiger partial charge in [0.1, 0.15) is 0 Å². The van der Waals surface area contributed by atoms with Crippen LogP contribution in [0, 0.1) is 11.6 Å². The molecule has 1 aromatic heterocycles. The summed E-state index contributed by atoms with van der Waals surface area (Å²) in [5.41, 5.74) is 1.02. The Labute approximate surface area is 104 Å². The molecule has 0 bridgehead atoms. The highest BCUT2D eigenvalue weighted by Crippen LogP contribution is 2.21. The summed E-state index contributed by atoms with van der Waals surface area (Å²) in [5.74, 6) is -1.66. The smallest absolute Gasteiger partial charge is 0.163 e. The fraction of sp³-hybridized carbons (Fsp3) is 0.333. The lowest BCUT2D eigenvalue weighted by atomic mass is 10.0. The second kappa shape index (κ2) is 5.22. The van der Waals surface area contributed by atoms with Crippen molar-refractivity contribution in [1.29, 1.82) is 0 Å². The van der Waals surface area contributed by atoms with Crippen LogP contribution in [0.2, 0.25) is 0 Å². The molecule has 0 spiro atoms. The maximum absolute atomic E-state index is 13.7. The Morgan fingerprint density at radius 3 is 2.78 bits per heavy atom. The van der Waals surface area contributed by atoms with Crippen LogP contribution in [0.3, 0.4) is 0 Å². The van der Waals surface area contributed by atoms with Gasteiger partial charge in [-0.05, 0) is 13.1 Å². The molecule has 0 saturated carbocycles. The van der Waals surface area contributed by atoms with Gasteiger partial charge in [-0.3, -0.25) is 4.68 Å². The van der Waals surface area contributed by atoms with Gasteiger partial charge in [0.2, 0.25) is 0 Å². The Balaban J connectivity index is 2.25. The highest BCUT2D eigenvalue weighted by molar-refractivity contribution is 5.23. The zero-order chi connectivity index (χ0) is 13.1. The van der Waals surface area contributed by atoms with Gasteiger partial charge in [-0.15, -0.1) is 5.10 Å². The van der Waals surface area contributed by atoms with Gasteiger partial charge in [-0.1, -0.05) is 17.3 Å². The van der Waals surface area contributed by atoms with Crippen molar-refractivity contribution in [3.63, 3.8) is 0 Å². The van der Waals surface area contributed by atoms with Crippen LogP contribution in [0.15, 0.2) is 24.4 Å². The van der Waals surface area contributed by atoms with E-state index < -0.39 is 11.6 Å². The monoisotopic (exact) mass is 252 g/mol. The molecule has 1 atom stereocenters. The quantitative estimate of drug-likeness (QED) is 0.898. The van der Waals surface area contributed by atoms with Crippen LogP contribution in [0.1, 0.15) is 17.3 Å². The van der Waals surface area contributed by atoms with Crippen molar-refractivity contribution in [3.05, 3.63) is 47.3 Å². The van der Waals surface area contributed by atoms with Crippen LogP contribution in [0.5, 0.6) is 0 Å². The molecule has 0 aliphatic rings. The number of benzene rings is 1. The van der Waals surface area contributed by atoms with Crippen LogP contribution in [0.4, 0.5) is 8.78 Å². The van der Waals surface area contributed by atoms with Crippen LogP contribution in [-0.4, -0.2) is 22.0 Å². The number of hydrogen-bond acceptors (Lipinski definition) is 3. The van der Waals surface area contributed by atoms with E-state index in [1.165, 1.54) is 6.07 Å². The molecule has 0 amide bonds. The maximum Gasteiger partial charge on any atom is 0.163 e. The van der Waals surface area contributed by atoms with E-state index in [-0.39, 0.29) is 6.04 Å². The fourth-order valence-corrected chi connectivity index (χ4v) is 1.86. The lowest BCUT2D eigenvalue weighted by Crippen LogP contribution is -2.20. The van der Waals surface area contributed by atoms with E-state index in [1.807, 2.05) is 0 Å². The van der Waals surface area contributed by atoms with Gasteiger partial charge in [-0.2, -0.15) is 0 Å². The molecule has 18 heavy (non-hydrogen) atoms. The van der Waals surface area contributed by atoms with Crippen molar-refractivity contribution >= 4 is 0 Å². The fourth-order valence-electron chi connectivity index (χ4n) is 1.86. The summed E-state index contributed by atoms with van der Waals surface area (Å²) in [5, 5.41) is 10.7. The zero-order valence-electron chi connectivity index (χ0n) is 10.2. The highest BCUT2D eigenvalue weighted by Gasteiger charge is 2.18. The zero-order valence-corrected chi connectivity index (χ0v) is 10.2. The van der Waals surface area contributed by atoms with Gasteiger partial charge < -0.3 is 5.32 Å². The van der Waals surface area contributed by atoms with Gasteiger partial charge in [0.15, 0.2) is 11.6 Å². The summed E-state index contributed by atoms with van der Waals surface area (Å²) in [6.45, 7) is 0. The molecule has 2 rings (SSSR count). The van der Waals surface area contributed by atoms with E-state index in [1.54, 1.807) is 31.0 Å². The largest absolute Gasteiger partial charge is 0.313 e. The first-order valence-electron chi connectivity index (χ1n) is 5.58. The van der Waals surface area contributed by atoms with Gasteiger partial charge in [0, 0.05) is 31.3 Å². The molecule has 96 valence electrons. The summed E-state index contributed by atoms with van der Waals surface area (Å²) in [6.07, 6.45) is 2.20. The third-order valence-corrected chi connectivity index (χ3v) is 2.77. The number of hydrogen-bond donors (Lipinski definition) is 1. The van der Waals surface area contributed by atoms with Crippen molar-refractivity contribution in [2.24, 2.45) is 7.05 Å². The molecule has 6 heteroatoms. The summed E-state index contributed by atoms with van der Waals surface area (Å²) in [4.78, 5) is 0. The van der Waals surface area contributed by atoms with Crippen molar-refractivity contribution in [1.82, 2.24) is 20.3 Å².